The topological polar surface area (TPSA) is 73.0 Å². The van der Waals surface area contributed by atoms with Gasteiger partial charge in [0.25, 0.3) is 5.91 Å². The largest absolute Gasteiger partial charge is 0.461 e. The van der Waals surface area contributed by atoms with Crippen LogP contribution in [0.3, 0.4) is 0 Å². The third-order valence-corrected chi connectivity index (χ3v) is 4.75. The first-order valence-electron chi connectivity index (χ1n) is 9.01. The molecule has 1 fully saturated rings. The van der Waals surface area contributed by atoms with Crippen LogP contribution in [-0.2, 0) is 6.54 Å². The summed E-state index contributed by atoms with van der Waals surface area (Å²) in [5.41, 5.74) is 1.51. The van der Waals surface area contributed by atoms with Crippen molar-refractivity contribution in [2.45, 2.75) is 39.3 Å². The van der Waals surface area contributed by atoms with Crippen LogP contribution >= 0.6 is 0 Å². The highest BCUT2D eigenvalue weighted by Crippen LogP contribution is 2.40. The lowest BCUT2D eigenvalue weighted by molar-refractivity contribution is 0.0928. The summed E-state index contributed by atoms with van der Waals surface area (Å²) >= 11 is 0. The molecule has 1 amide bonds. The third kappa shape index (κ3) is 3.27. The fourth-order valence-electron chi connectivity index (χ4n) is 3.21. The quantitative estimate of drug-likeness (QED) is 0.735. The van der Waals surface area contributed by atoms with E-state index in [1.54, 1.807) is 6.33 Å². The van der Waals surface area contributed by atoms with Gasteiger partial charge in [-0.25, -0.2) is 9.67 Å². The molecule has 134 valence electrons. The number of carbonyl (C=O) groups is 1. The van der Waals surface area contributed by atoms with Crippen LogP contribution in [0.4, 0.5) is 0 Å². The van der Waals surface area contributed by atoms with Gasteiger partial charge in [-0.05, 0) is 56.9 Å². The number of hydrogen-bond acceptors (Lipinski definition) is 4. The summed E-state index contributed by atoms with van der Waals surface area (Å²) in [4.78, 5) is 17.3. The number of carbonyl (C=O) groups excluding carboxylic acids is 1. The van der Waals surface area contributed by atoms with Crippen molar-refractivity contribution in [3.63, 3.8) is 0 Å². The molecule has 1 atom stereocenters. The molecule has 1 N–H and O–H groups in total. The maximum absolute atomic E-state index is 12.9. The number of aryl methyl sites for hydroxylation is 2. The summed E-state index contributed by atoms with van der Waals surface area (Å²) in [6.07, 6.45) is 3.76. The SMILES string of the molecule is CCn1ncnc1[C@@H](NC(=O)c1cccc(-c2ccc(C)o2)c1)C1CC1. The van der Waals surface area contributed by atoms with E-state index in [0.29, 0.717) is 11.5 Å². The zero-order valence-electron chi connectivity index (χ0n) is 15.0. The molecule has 2 heterocycles. The number of aromatic nitrogens is 3. The summed E-state index contributed by atoms with van der Waals surface area (Å²) < 4.78 is 7.52. The minimum Gasteiger partial charge on any atom is -0.461 e. The lowest BCUT2D eigenvalue weighted by atomic mass is 10.1. The average Bonchev–Trinajstić information content (AvgIpc) is 3.22. The minimum atomic E-state index is -0.0994. The van der Waals surface area contributed by atoms with Gasteiger partial charge in [0.15, 0.2) is 0 Å². The predicted octanol–water partition coefficient (Wildman–Crippen LogP) is 3.75. The van der Waals surface area contributed by atoms with Gasteiger partial charge in [0.1, 0.15) is 23.7 Å². The number of furan rings is 1. The summed E-state index contributed by atoms with van der Waals surface area (Å²) in [5, 5.41) is 7.41. The number of nitrogens with zero attached hydrogens (tertiary/aromatic N) is 3. The van der Waals surface area contributed by atoms with E-state index in [4.69, 9.17) is 4.42 Å². The number of amides is 1. The van der Waals surface area contributed by atoms with Crippen LogP contribution in [0.1, 0.15) is 47.7 Å². The zero-order chi connectivity index (χ0) is 18.1. The maximum Gasteiger partial charge on any atom is 0.251 e. The average molecular weight is 350 g/mol. The molecule has 0 unspecified atom stereocenters. The predicted molar refractivity (Wildman–Crippen MR) is 97.5 cm³/mol. The highest BCUT2D eigenvalue weighted by molar-refractivity contribution is 5.95. The van der Waals surface area contributed by atoms with Crippen molar-refractivity contribution in [2.75, 3.05) is 0 Å². The second-order valence-corrected chi connectivity index (χ2v) is 6.71. The second-order valence-electron chi connectivity index (χ2n) is 6.71. The van der Waals surface area contributed by atoms with Gasteiger partial charge in [-0.2, -0.15) is 5.10 Å². The van der Waals surface area contributed by atoms with Crippen LogP contribution in [0, 0.1) is 12.8 Å². The minimum absolute atomic E-state index is 0.0977. The first kappa shape index (κ1) is 16.6. The smallest absolute Gasteiger partial charge is 0.251 e. The van der Waals surface area contributed by atoms with Crippen molar-refractivity contribution in [1.82, 2.24) is 20.1 Å². The van der Waals surface area contributed by atoms with E-state index in [9.17, 15) is 4.79 Å². The normalized spacial score (nSPS) is 15.0. The van der Waals surface area contributed by atoms with Crippen molar-refractivity contribution in [3.8, 4) is 11.3 Å². The standard InChI is InChI=1S/C20H22N4O2/c1-3-24-19(21-12-22-24)18(14-8-9-14)23-20(25)16-6-4-5-15(11-16)17-10-7-13(2)26-17/h4-7,10-12,14,18H,3,8-9H2,1-2H3,(H,23,25)/t18-/m0/s1. The van der Waals surface area contributed by atoms with Crippen LogP contribution in [0.15, 0.2) is 47.1 Å². The number of hydrogen-bond donors (Lipinski definition) is 1. The molecule has 26 heavy (non-hydrogen) atoms. The zero-order valence-corrected chi connectivity index (χ0v) is 15.0. The Morgan fingerprint density at radius 3 is 2.88 bits per heavy atom. The van der Waals surface area contributed by atoms with Gasteiger partial charge in [0.2, 0.25) is 0 Å². The van der Waals surface area contributed by atoms with Gasteiger partial charge in [-0.15, -0.1) is 0 Å². The molecule has 1 saturated carbocycles. The second kappa shape index (κ2) is 6.78. The van der Waals surface area contributed by atoms with E-state index >= 15 is 0 Å². The number of nitrogens with one attached hydrogen (secondary N) is 1. The van der Waals surface area contributed by atoms with E-state index in [0.717, 1.165) is 42.3 Å². The summed E-state index contributed by atoms with van der Waals surface area (Å²) in [7, 11) is 0. The van der Waals surface area contributed by atoms with E-state index in [1.807, 2.05) is 54.9 Å². The Balaban J connectivity index is 1.57. The Morgan fingerprint density at radius 2 is 2.19 bits per heavy atom. The van der Waals surface area contributed by atoms with E-state index in [1.165, 1.54) is 0 Å². The Morgan fingerprint density at radius 1 is 1.35 bits per heavy atom. The van der Waals surface area contributed by atoms with Gasteiger partial charge in [0, 0.05) is 17.7 Å². The molecule has 0 bridgehead atoms. The monoisotopic (exact) mass is 350 g/mol. The molecular weight excluding hydrogens is 328 g/mol. The molecule has 3 aromatic rings. The van der Waals surface area contributed by atoms with Gasteiger partial charge >= 0.3 is 0 Å². The van der Waals surface area contributed by atoms with E-state index < -0.39 is 0 Å². The molecule has 1 aromatic carbocycles. The van der Waals surface area contributed by atoms with Crippen molar-refractivity contribution >= 4 is 5.91 Å². The molecule has 1 aliphatic carbocycles. The van der Waals surface area contributed by atoms with Crippen LogP contribution in [-0.4, -0.2) is 20.7 Å². The van der Waals surface area contributed by atoms with Crippen molar-refractivity contribution < 1.29 is 9.21 Å². The Labute approximate surface area is 152 Å². The summed E-state index contributed by atoms with van der Waals surface area (Å²) in [5.74, 6) is 2.78. The Kier molecular flexibility index (Phi) is 4.32. The Bertz CT molecular complexity index is 923. The fourth-order valence-corrected chi connectivity index (χ4v) is 3.21. The molecule has 1 aliphatic rings. The van der Waals surface area contributed by atoms with E-state index in [-0.39, 0.29) is 11.9 Å². The van der Waals surface area contributed by atoms with Crippen molar-refractivity contribution in [3.05, 3.63) is 59.9 Å². The lowest BCUT2D eigenvalue weighted by Gasteiger charge is -2.18. The van der Waals surface area contributed by atoms with Gasteiger partial charge < -0.3 is 9.73 Å². The first-order chi connectivity index (χ1) is 12.7. The van der Waals surface area contributed by atoms with Gasteiger partial charge in [-0.1, -0.05) is 12.1 Å². The molecule has 2 aromatic heterocycles. The van der Waals surface area contributed by atoms with Crippen LogP contribution in [0.5, 0.6) is 0 Å². The lowest BCUT2D eigenvalue weighted by Crippen LogP contribution is -2.32. The Hall–Kier alpha value is -2.89. The molecule has 6 nitrogen and oxygen atoms in total. The third-order valence-electron chi connectivity index (χ3n) is 4.75. The van der Waals surface area contributed by atoms with Crippen LogP contribution in [0.2, 0.25) is 0 Å². The summed E-state index contributed by atoms with van der Waals surface area (Å²) in [6, 6.07) is 11.3. The molecule has 4 rings (SSSR count). The molecule has 0 radical (unpaired) electrons. The highest BCUT2D eigenvalue weighted by Gasteiger charge is 2.36. The molecule has 6 heteroatoms. The summed E-state index contributed by atoms with van der Waals surface area (Å²) in [6.45, 7) is 4.67. The molecule has 0 aliphatic heterocycles. The maximum atomic E-state index is 12.9. The first-order valence-corrected chi connectivity index (χ1v) is 9.01. The van der Waals surface area contributed by atoms with Crippen molar-refractivity contribution in [2.24, 2.45) is 5.92 Å². The van der Waals surface area contributed by atoms with Gasteiger partial charge in [0.05, 0.1) is 6.04 Å². The van der Waals surface area contributed by atoms with E-state index in [2.05, 4.69) is 15.4 Å². The molecular formula is C20H22N4O2. The number of benzene rings is 1. The molecule has 0 spiro atoms. The van der Waals surface area contributed by atoms with Crippen LogP contribution in [0.25, 0.3) is 11.3 Å². The van der Waals surface area contributed by atoms with Crippen LogP contribution < -0.4 is 5.32 Å². The number of rotatable bonds is 6. The molecule has 0 saturated heterocycles. The van der Waals surface area contributed by atoms with Crippen molar-refractivity contribution in [1.29, 1.82) is 0 Å². The highest BCUT2D eigenvalue weighted by atomic mass is 16.3. The fraction of sp³-hybridized carbons (Fsp3) is 0.350. The van der Waals surface area contributed by atoms with Gasteiger partial charge in [-0.3, -0.25) is 4.79 Å².